The molecule has 6 heteroatoms. The van der Waals surface area contributed by atoms with E-state index in [1.165, 1.54) is 23.5 Å². The Labute approximate surface area is 103 Å². The first kappa shape index (κ1) is 10.9. The Morgan fingerprint density at radius 1 is 1.47 bits per heavy atom. The van der Waals surface area contributed by atoms with Gasteiger partial charge < -0.3 is 4.74 Å². The first-order valence-electron chi connectivity index (χ1n) is 3.89. The molecule has 0 unspecified atom stereocenters. The maximum absolute atomic E-state index is 13.3. The molecule has 15 heavy (non-hydrogen) atoms. The molecule has 1 aromatic heterocycles. The van der Waals surface area contributed by atoms with Gasteiger partial charge >= 0.3 is 0 Å². The molecule has 0 aliphatic heterocycles. The van der Waals surface area contributed by atoms with Gasteiger partial charge in [0.2, 0.25) is 0 Å². The van der Waals surface area contributed by atoms with E-state index in [-0.39, 0.29) is 5.75 Å². The van der Waals surface area contributed by atoms with E-state index in [4.69, 9.17) is 16.3 Å². The van der Waals surface area contributed by atoms with Crippen molar-refractivity contribution in [1.29, 1.82) is 0 Å². The summed E-state index contributed by atoms with van der Waals surface area (Å²) < 4.78 is 19.2. The van der Waals surface area contributed by atoms with Crippen LogP contribution in [0.5, 0.6) is 10.9 Å². The fourth-order valence-corrected chi connectivity index (χ4v) is 2.08. The minimum Gasteiger partial charge on any atom is -0.428 e. The monoisotopic (exact) mass is 307 g/mol. The second-order valence-electron chi connectivity index (χ2n) is 2.61. The van der Waals surface area contributed by atoms with Gasteiger partial charge in [-0.3, -0.25) is 0 Å². The summed E-state index contributed by atoms with van der Waals surface area (Å²) in [7, 11) is 0. The van der Waals surface area contributed by atoms with E-state index in [2.05, 4.69) is 20.9 Å². The number of nitrogens with zero attached hydrogens (tertiary/aromatic N) is 1. The fourth-order valence-electron chi connectivity index (χ4n) is 0.935. The molecular formula is C9H4BrClFNOS. The molecule has 0 bridgehead atoms. The highest BCUT2D eigenvalue weighted by atomic mass is 79.9. The zero-order chi connectivity index (χ0) is 10.8. The zero-order valence-corrected chi connectivity index (χ0v) is 10.4. The molecular weight excluding hydrogens is 305 g/mol. The van der Waals surface area contributed by atoms with Gasteiger partial charge in [-0.1, -0.05) is 38.9 Å². The maximum atomic E-state index is 13.3. The predicted molar refractivity (Wildman–Crippen MR) is 61.3 cm³/mol. The van der Waals surface area contributed by atoms with E-state index in [1.807, 2.05) is 0 Å². The average molecular weight is 309 g/mol. The Morgan fingerprint density at radius 2 is 2.27 bits per heavy atom. The van der Waals surface area contributed by atoms with E-state index in [1.54, 1.807) is 11.4 Å². The largest absolute Gasteiger partial charge is 0.428 e. The van der Waals surface area contributed by atoms with Crippen molar-refractivity contribution in [2.75, 3.05) is 0 Å². The number of halogens is 3. The smallest absolute Gasteiger partial charge is 0.280 e. The van der Waals surface area contributed by atoms with Gasteiger partial charge in [-0.15, -0.1) is 0 Å². The molecule has 2 nitrogen and oxygen atoms in total. The van der Waals surface area contributed by atoms with E-state index >= 15 is 0 Å². The molecule has 0 atom stereocenters. The normalized spacial score (nSPS) is 10.3. The molecule has 0 N–H and O–H groups in total. The SMILES string of the molecule is Fc1ccc(Br)cc1Oc1nc(Cl)cs1. The molecule has 0 saturated carbocycles. The summed E-state index contributed by atoms with van der Waals surface area (Å²) in [5.74, 6) is -0.320. The number of hydrogen-bond acceptors (Lipinski definition) is 3. The lowest BCUT2D eigenvalue weighted by Gasteiger charge is -2.02. The van der Waals surface area contributed by atoms with Gasteiger partial charge in [-0.2, -0.15) is 4.98 Å². The molecule has 2 rings (SSSR count). The second kappa shape index (κ2) is 4.47. The van der Waals surface area contributed by atoms with E-state index in [9.17, 15) is 4.39 Å². The van der Waals surface area contributed by atoms with E-state index in [0.717, 1.165) is 4.47 Å². The van der Waals surface area contributed by atoms with Gasteiger partial charge in [0.25, 0.3) is 5.19 Å². The molecule has 2 aromatic rings. The van der Waals surface area contributed by atoms with Gasteiger partial charge in [0.05, 0.1) is 0 Å². The number of rotatable bonds is 2. The molecule has 0 radical (unpaired) electrons. The van der Waals surface area contributed by atoms with Crippen molar-refractivity contribution >= 4 is 38.9 Å². The molecule has 0 fully saturated rings. The molecule has 0 spiro atoms. The van der Waals surface area contributed by atoms with Crippen LogP contribution in [0.15, 0.2) is 28.1 Å². The lowest BCUT2D eigenvalue weighted by Crippen LogP contribution is -1.87. The molecule has 0 aliphatic rings. The number of thiazole rings is 1. The summed E-state index contributed by atoms with van der Waals surface area (Å²) >= 11 is 10.1. The third-order valence-electron chi connectivity index (χ3n) is 1.55. The Hall–Kier alpha value is -0.650. The minimum atomic E-state index is -0.440. The topological polar surface area (TPSA) is 22.1 Å². The van der Waals surface area contributed by atoms with Gasteiger partial charge in [0, 0.05) is 9.85 Å². The summed E-state index contributed by atoms with van der Waals surface area (Å²) in [4.78, 5) is 3.86. The first-order valence-corrected chi connectivity index (χ1v) is 5.94. The van der Waals surface area contributed by atoms with Crippen molar-refractivity contribution < 1.29 is 9.13 Å². The first-order chi connectivity index (χ1) is 7.15. The molecule has 0 amide bonds. The quantitative estimate of drug-likeness (QED) is 0.815. The van der Waals surface area contributed by atoms with Crippen LogP contribution in [0.1, 0.15) is 0 Å². The third kappa shape index (κ3) is 2.68. The summed E-state index contributed by atoms with van der Waals surface area (Å²) in [6, 6.07) is 4.44. The summed E-state index contributed by atoms with van der Waals surface area (Å²) in [5, 5.41) is 2.27. The minimum absolute atomic E-state index is 0.121. The summed E-state index contributed by atoms with van der Waals surface area (Å²) in [5.41, 5.74) is 0. The van der Waals surface area contributed by atoms with Crippen LogP contribution in [0.2, 0.25) is 5.15 Å². The Kier molecular flexibility index (Phi) is 3.23. The van der Waals surface area contributed by atoms with Crippen molar-refractivity contribution in [3.8, 4) is 10.9 Å². The van der Waals surface area contributed by atoms with Crippen LogP contribution in [0.4, 0.5) is 4.39 Å². The molecule has 1 aromatic carbocycles. The van der Waals surface area contributed by atoms with Crippen LogP contribution in [-0.4, -0.2) is 4.98 Å². The number of ether oxygens (including phenoxy) is 1. The lowest BCUT2D eigenvalue weighted by molar-refractivity contribution is 0.439. The number of hydrogen-bond donors (Lipinski definition) is 0. The van der Waals surface area contributed by atoms with E-state index in [0.29, 0.717) is 10.3 Å². The van der Waals surface area contributed by atoms with Crippen LogP contribution in [0.3, 0.4) is 0 Å². The molecule has 0 aliphatic carbocycles. The highest BCUT2D eigenvalue weighted by molar-refractivity contribution is 9.10. The number of benzene rings is 1. The lowest BCUT2D eigenvalue weighted by atomic mass is 10.3. The van der Waals surface area contributed by atoms with E-state index < -0.39 is 5.82 Å². The average Bonchev–Trinajstić information content (AvgIpc) is 2.58. The van der Waals surface area contributed by atoms with Gasteiger partial charge in [0.15, 0.2) is 11.6 Å². The summed E-state index contributed by atoms with van der Waals surface area (Å²) in [6.45, 7) is 0. The molecule has 78 valence electrons. The maximum Gasteiger partial charge on any atom is 0.280 e. The summed E-state index contributed by atoms with van der Waals surface area (Å²) in [6.07, 6.45) is 0. The van der Waals surface area contributed by atoms with Crippen LogP contribution >= 0.6 is 38.9 Å². The van der Waals surface area contributed by atoms with Gasteiger partial charge in [0.1, 0.15) is 5.15 Å². The van der Waals surface area contributed by atoms with Crippen molar-refractivity contribution in [2.45, 2.75) is 0 Å². The Balaban J connectivity index is 2.27. The van der Waals surface area contributed by atoms with Crippen molar-refractivity contribution in [1.82, 2.24) is 4.98 Å². The molecule has 1 heterocycles. The van der Waals surface area contributed by atoms with Gasteiger partial charge in [-0.25, -0.2) is 4.39 Å². The van der Waals surface area contributed by atoms with Crippen molar-refractivity contribution in [3.63, 3.8) is 0 Å². The third-order valence-corrected chi connectivity index (χ3v) is 3.08. The highest BCUT2D eigenvalue weighted by Crippen LogP contribution is 2.30. The highest BCUT2D eigenvalue weighted by Gasteiger charge is 2.08. The van der Waals surface area contributed by atoms with Crippen LogP contribution in [0.25, 0.3) is 0 Å². The Morgan fingerprint density at radius 3 is 2.93 bits per heavy atom. The van der Waals surface area contributed by atoms with Crippen molar-refractivity contribution in [2.24, 2.45) is 0 Å². The van der Waals surface area contributed by atoms with Gasteiger partial charge in [-0.05, 0) is 18.2 Å². The fraction of sp³-hybridized carbons (Fsp3) is 0. The van der Waals surface area contributed by atoms with Crippen molar-refractivity contribution in [3.05, 3.63) is 39.0 Å². The predicted octanol–water partition coefficient (Wildman–Crippen LogP) is 4.49. The number of aromatic nitrogens is 1. The van der Waals surface area contributed by atoms with Crippen LogP contribution < -0.4 is 4.74 Å². The molecule has 0 saturated heterocycles. The van der Waals surface area contributed by atoms with Crippen LogP contribution in [0, 0.1) is 5.82 Å². The standard InChI is InChI=1S/C9H4BrClFNOS/c10-5-1-2-6(12)7(3-5)14-9-13-8(11)4-15-9/h1-4H. The zero-order valence-electron chi connectivity index (χ0n) is 7.21. The Bertz CT molecular complexity index is 491. The van der Waals surface area contributed by atoms with Crippen LogP contribution in [-0.2, 0) is 0 Å². The second-order valence-corrected chi connectivity index (χ2v) is 4.74.